The third-order valence-corrected chi connectivity index (χ3v) is 3.31. The Hall–Kier alpha value is -2.37. The molecule has 2 amide bonds. The molecule has 0 radical (unpaired) electrons. The van der Waals surface area contributed by atoms with Crippen molar-refractivity contribution in [2.45, 2.75) is 19.1 Å². The maximum absolute atomic E-state index is 12.1. The molecular formula is C15H18N2O4. The number of hydrogen-bond acceptors (Lipinski definition) is 4. The molecule has 6 heteroatoms. The molecule has 1 atom stereocenters. The molecule has 1 aliphatic rings. The predicted octanol–water partition coefficient (Wildman–Crippen LogP) is 1.05. The van der Waals surface area contributed by atoms with E-state index < -0.39 is 12.1 Å². The SMILES string of the molecule is CN(C)C(=O)C1CC(=O)CN1C(=O)OCc1ccccc1. The molecule has 0 spiro atoms. The lowest BCUT2D eigenvalue weighted by Crippen LogP contribution is -2.45. The van der Waals surface area contributed by atoms with Crippen LogP contribution in [-0.4, -0.2) is 54.3 Å². The number of carbonyl (C=O) groups excluding carboxylic acids is 3. The number of ketones is 1. The lowest BCUT2D eigenvalue weighted by molar-refractivity contribution is -0.133. The highest BCUT2D eigenvalue weighted by Crippen LogP contribution is 2.18. The first kappa shape index (κ1) is 15.0. The molecule has 0 bridgehead atoms. The number of likely N-dealkylation sites (tertiary alicyclic amines) is 1. The van der Waals surface area contributed by atoms with Crippen molar-refractivity contribution in [1.29, 1.82) is 0 Å². The molecule has 0 saturated carbocycles. The molecule has 1 fully saturated rings. The van der Waals surface area contributed by atoms with Gasteiger partial charge in [-0.2, -0.15) is 0 Å². The van der Waals surface area contributed by atoms with Gasteiger partial charge in [0.2, 0.25) is 5.91 Å². The van der Waals surface area contributed by atoms with Gasteiger partial charge in [0.05, 0.1) is 6.54 Å². The third kappa shape index (κ3) is 3.59. The number of hydrogen-bond donors (Lipinski definition) is 0. The van der Waals surface area contributed by atoms with Crippen LogP contribution in [-0.2, 0) is 20.9 Å². The average molecular weight is 290 g/mol. The third-order valence-electron chi connectivity index (χ3n) is 3.31. The summed E-state index contributed by atoms with van der Waals surface area (Å²) in [6.07, 6.45) is -0.581. The maximum Gasteiger partial charge on any atom is 0.411 e. The largest absolute Gasteiger partial charge is 0.445 e. The van der Waals surface area contributed by atoms with Crippen molar-refractivity contribution in [3.8, 4) is 0 Å². The average Bonchev–Trinajstić information content (AvgIpc) is 2.87. The molecule has 1 saturated heterocycles. The first-order valence-corrected chi connectivity index (χ1v) is 6.69. The van der Waals surface area contributed by atoms with Crippen LogP contribution in [0.5, 0.6) is 0 Å². The summed E-state index contributed by atoms with van der Waals surface area (Å²) in [5.41, 5.74) is 0.854. The van der Waals surface area contributed by atoms with Gasteiger partial charge in [-0.1, -0.05) is 30.3 Å². The highest BCUT2D eigenvalue weighted by molar-refractivity contribution is 5.97. The van der Waals surface area contributed by atoms with Crippen LogP contribution < -0.4 is 0 Å². The van der Waals surface area contributed by atoms with Gasteiger partial charge in [-0.3, -0.25) is 14.5 Å². The lowest BCUT2D eigenvalue weighted by atomic mass is 10.2. The molecule has 0 N–H and O–H groups in total. The Bertz CT molecular complexity index is 542. The number of carbonyl (C=O) groups is 3. The van der Waals surface area contributed by atoms with E-state index in [1.807, 2.05) is 30.3 Å². The van der Waals surface area contributed by atoms with Crippen molar-refractivity contribution in [2.75, 3.05) is 20.6 Å². The molecule has 112 valence electrons. The second-order valence-corrected chi connectivity index (χ2v) is 5.16. The quantitative estimate of drug-likeness (QED) is 0.834. The van der Waals surface area contributed by atoms with Gasteiger partial charge in [0, 0.05) is 20.5 Å². The van der Waals surface area contributed by atoms with Crippen LogP contribution >= 0.6 is 0 Å². The Morgan fingerprint density at radius 3 is 2.57 bits per heavy atom. The first-order valence-electron chi connectivity index (χ1n) is 6.69. The van der Waals surface area contributed by atoms with E-state index in [1.165, 1.54) is 9.80 Å². The minimum Gasteiger partial charge on any atom is -0.445 e. The van der Waals surface area contributed by atoms with E-state index in [9.17, 15) is 14.4 Å². The molecule has 1 aliphatic heterocycles. The Labute approximate surface area is 123 Å². The summed E-state index contributed by atoms with van der Waals surface area (Å²) >= 11 is 0. The van der Waals surface area contributed by atoms with E-state index in [0.717, 1.165) is 5.56 Å². The van der Waals surface area contributed by atoms with Crippen molar-refractivity contribution < 1.29 is 19.1 Å². The number of nitrogens with zero attached hydrogens (tertiary/aromatic N) is 2. The zero-order valence-electron chi connectivity index (χ0n) is 12.1. The topological polar surface area (TPSA) is 66.9 Å². The number of amides is 2. The number of Topliss-reactive ketones (excluding diaryl/α,β-unsaturated/α-hetero) is 1. The zero-order valence-corrected chi connectivity index (χ0v) is 12.1. The summed E-state index contributed by atoms with van der Waals surface area (Å²) in [6, 6.07) is 8.49. The van der Waals surface area contributed by atoms with E-state index in [2.05, 4.69) is 0 Å². The van der Waals surface area contributed by atoms with E-state index in [-0.39, 0.29) is 31.3 Å². The van der Waals surface area contributed by atoms with Gasteiger partial charge in [-0.15, -0.1) is 0 Å². The fourth-order valence-corrected chi connectivity index (χ4v) is 2.20. The molecule has 0 aliphatic carbocycles. The number of rotatable bonds is 3. The molecule has 0 aromatic heterocycles. The minimum atomic E-state index is -0.754. The Morgan fingerprint density at radius 1 is 1.29 bits per heavy atom. The van der Waals surface area contributed by atoms with E-state index in [1.54, 1.807) is 14.1 Å². The van der Waals surface area contributed by atoms with Crippen molar-refractivity contribution in [3.05, 3.63) is 35.9 Å². The number of likely N-dealkylation sites (N-methyl/N-ethyl adjacent to an activating group) is 1. The predicted molar refractivity (Wildman–Crippen MR) is 75.4 cm³/mol. The molecule has 6 nitrogen and oxygen atoms in total. The lowest BCUT2D eigenvalue weighted by Gasteiger charge is -2.24. The highest BCUT2D eigenvalue weighted by atomic mass is 16.6. The van der Waals surface area contributed by atoms with Gasteiger partial charge in [0.25, 0.3) is 0 Å². The fraction of sp³-hybridized carbons (Fsp3) is 0.400. The fourth-order valence-electron chi connectivity index (χ4n) is 2.20. The highest BCUT2D eigenvalue weighted by Gasteiger charge is 2.40. The normalized spacial score (nSPS) is 17.7. The standard InChI is InChI=1S/C15H18N2O4/c1-16(2)14(19)13-8-12(18)9-17(13)15(20)21-10-11-6-4-3-5-7-11/h3-7,13H,8-10H2,1-2H3. The van der Waals surface area contributed by atoms with E-state index in [4.69, 9.17) is 4.74 Å². The van der Waals surface area contributed by atoms with Crippen LogP contribution in [0.15, 0.2) is 30.3 Å². The van der Waals surface area contributed by atoms with Crippen LogP contribution in [0, 0.1) is 0 Å². The zero-order chi connectivity index (χ0) is 15.4. The second-order valence-electron chi connectivity index (χ2n) is 5.16. The van der Waals surface area contributed by atoms with Gasteiger partial charge < -0.3 is 9.64 Å². The van der Waals surface area contributed by atoms with Crippen LogP contribution in [0.4, 0.5) is 4.79 Å². The number of benzene rings is 1. The molecule has 21 heavy (non-hydrogen) atoms. The van der Waals surface area contributed by atoms with Crippen molar-refractivity contribution in [1.82, 2.24) is 9.80 Å². The smallest absolute Gasteiger partial charge is 0.411 e. The van der Waals surface area contributed by atoms with Crippen LogP contribution in [0.1, 0.15) is 12.0 Å². The van der Waals surface area contributed by atoms with Gasteiger partial charge in [0.15, 0.2) is 5.78 Å². The number of ether oxygens (including phenoxy) is 1. The summed E-state index contributed by atoms with van der Waals surface area (Å²) in [5.74, 6) is -0.399. The maximum atomic E-state index is 12.1. The summed E-state index contributed by atoms with van der Waals surface area (Å²) in [5, 5.41) is 0. The van der Waals surface area contributed by atoms with Crippen LogP contribution in [0.3, 0.4) is 0 Å². The van der Waals surface area contributed by atoms with Crippen molar-refractivity contribution in [2.24, 2.45) is 0 Å². The molecule has 2 rings (SSSR count). The Morgan fingerprint density at radius 2 is 1.95 bits per heavy atom. The molecule has 1 heterocycles. The van der Waals surface area contributed by atoms with Gasteiger partial charge in [-0.25, -0.2) is 4.79 Å². The summed E-state index contributed by atoms with van der Waals surface area (Å²) in [7, 11) is 3.19. The van der Waals surface area contributed by atoms with Crippen molar-refractivity contribution in [3.63, 3.8) is 0 Å². The van der Waals surface area contributed by atoms with Crippen LogP contribution in [0.25, 0.3) is 0 Å². The van der Waals surface area contributed by atoms with Gasteiger partial charge in [-0.05, 0) is 5.56 Å². The molecule has 1 aromatic rings. The Balaban J connectivity index is 2.00. The van der Waals surface area contributed by atoms with E-state index in [0.29, 0.717) is 0 Å². The summed E-state index contributed by atoms with van der Waals surface area (Å²) in [4.78, 5) is 38.2. The summed E-state index contributed by atoms with van der Waals surface area (Å²) in [6.45, 7) is 0.0467. The van der Waals surface area contributed by atoms with E-state index >= 15 is 0 Å². The summed E-state index contributed by atoms with van der Waals surface area (Å²) < 4.78 is 5.18. The molecule has 1 unspecified atom stereocenters. The molecule has 1 aromatic carbocycles. The Kier molecular flexibility index (Phi) is 4.57. The minimum absolute atomic E-state index is 0.0530. The first-order chi connectivity index (χ1) is 9.99. The molecular weight excluding hydrogens is 272 g/mol. The monoisotopic (exact) mass is 290 g/mol. The second kappa shape index (κ2) is 6.39. The van der Waals surface area contributed by atoms with Crippen molar-refractivity contribution >= 4 is 17.8 Å². The van der Waals surface area contributed by atoms with Crippen LogP contribution in [0.2, 0.25) is 0 Å². The van der Waals surface area contributed by atoms with Gasteiger partial charge in [0.1, 0.15) is 12.6 Å². The van der Waals surface area contributed by atoms with Gasteiger partial charge >= 0.3 is 6.09 Å².